The molecular weight excluding hydrogens is 240 g/mol. The molecule has 0 saturated heterocycles. The van der Waals surface area contributed by atoms with E-state index in [4.69, 9.17) is 10.5 Å². The van der Waals surface area contributed by atoms with Crippen LogP contribution >= 0.6 is 0 Å². The van der Waals surface area contributed by atoms with E-state index in [9.17, 15) is 4.79 Å². The molecule has 0 aliphatic heterocycles. The monoisotopic (exact) mass is 268 g/mol. The number of ether oxygens (including phenoxy) is 1. The fraction of sp³-hybridized carbons (Fsp3) is 0.800. The zero-order chi connectivity index (χ0) is 14.7. The van der Waals surface area contributed by atoms with E-state index in [-0.39, 0.29) is 23.6 Å². The molecular formula is C15H28N2O2. The first kappa shape index (κ1) is 16.0. The van der Waals surface area contributed by atoms with E-state index in [0.29, 0.717) is 0 Å². The van der Waals surface area contributed by atoms with Gasteiger partial charge in [0.15, 0.2) is 0 Å². The molecule has 3 N–H and O–H groups in total. The van der Waals surface area contributed by atoms with Gasteiger partial charge in [-0.05, 0) is 52.9 Å². The molecule has 0 spiro atoms. The predicted octanol–water partition coefficient (Wildman–Crippen LogP) is 2.97. The number of carbonyl (C=O) groups excluding carboxylic acids is 1. The Kier molecular flexibility index (Phi) is 5.02. The van der Waals surface area contributed by atoms with Crippen molar-refractivity contribution in [1.29, 1.82) is 0 Å². The van der Waals surface area contributed by atoms with E-state index in [1.165, 1.54) is 0 Å². The average Bonchev–Trinajstić information content (AvgIpc) is 2.17. The summed E-state index contributed by atoms with van der Waals surface area (Å²) < 4.78 is 5.35. The van der Waals surface area contributed by atoms with Gasteiger partial charge in [0.1, 0.15) is 5.60 Å². The Labute approximate surface area is 116 Å². The standard InChI is InChI=1S/C15H28N2O2/c1-11(7-8-12(2)16)15(9-6-10-15)17-13(18)19-14(3,4)5/h7-8,11-12H,6,9-10,16H2,1-5H3,(H,17,18)/b8-7-/t11-,12+/m0/s1. The van der Waals surface area contributed by atoms with Gasteiger partial charge in [0.05, 0.1) is 0 Å². The van der Waals surface area contributed by atoms with Crippen molar-refractivity contribution in [2.75, 3.05) is 0 Å². The minimum absolute atomic E-state index is 0.0427. The first-order valence-electron chi connectivity index (χ1n) is 7.10. The number of nitrogens with two attached hydrogens (primary N) is 1. The number of hydrogen-bond acceptors (Lipinski definition) is 3. The molecule has 19 heavy (non-hydrogen) atoms. The summed E-state index contributed by atoms with van der Waals surface area (Å²) in [6.07, 6.45) is 6.90. The van der Waals surface area contributed by atoms with Gasteiger partial charge in [-0.2, -0.15) is 0 Å². The zero-order valence-electron chi connectivity index (χ0n) is 12.8. The summed E-state index contributed by atoms with van der Waals surface area (Å²) in [6.45, 7) is 9.69. The lowest BCUT2D eigenvalue weighted by Gasteiger charge is -2.46. The summed E-state index contributed by atoms with van der Waals surface area (Å²) in [5, 5.41) is 3.06. The maximum Gasteiger partial charge on any atom is 0.408 e. The highest BCUT2D eigenvalue weighted by atomic mass is 16.6. The second-order valence-electron chi connectivity index (χ2n) is 6.67. The highest BCUT2D eigenvalue weighted by Gasteiger charge is 2.43. The van der Waals surface area contributed by atoms with Gasteiger partial charge >= 0.3 is 6.09 Å². The summed E-state index contributed by atoms with van der Waals surface area (Å²) in [7, 11) is 0. The predicted molar refractivity (Wildman–Crippen MR) is 77.9 cm³/mol. The molecule has 1 fully saturated rings. The second kappa shape index (κ2) is 5.95. The van der Waals surface area contributed by atoms with Crippen molar-refractivity contribution >= 4 is 6.09 Å². The van der Waals surface area contributed by atoms with Gasteiger partial charge < -0.3 is 15.8 Å². The number of hydrogen-bond donors (Lipinski definition) is 2. The molecule has 1 saturated carbocycles. The van der Waals surface area contributed by atoms with Gasteiger partial charge in [0, 0.05) is 11.6 Å². The molecule has 0 unspecified atom stereocenters. The highest BCUT2D eigenvalue weighted by molar-refractivity contribution is 5.69. The number of carbonyl (C=O) groups is 1. The minimum Gasteiger partial charge on any atom is -0.444 e. The molecule has 0 aromatic rings. The van der Waals surface area contributed by atoms with E-state index in [2.05, 4.69) is 18.3 Å². The molecule has 0 radical (unpaired) electrons. The SMILES string of the molecule is C[C@@H](N)/C=C\[C@H](C)C1(NC(=O)OC(C)(C)C)CCC1. The van der Waals surface area contributed by atoms with Crippen LogP contribution in [0.3, 0.4) is 0 Å². The van der Waals surface area contributed by atoms with Gasteiger partial charge in [-0.3, -0.25) is 0 Å². The van der Waals surface area contributed by atoms with Crippen LogP contribution < -0.4 is 11.1 Å². The number of nitrogens with one attached hydrogen (secondary N) is 1. The number of amides is 1. The molecule has 0 aromatic heterocycles. The minimum atomic E-state index is -0.458. The average molecular weight is 268 g/mol. The second-order valence-corrected chi connectivity index (χ2v) is 6.67. The van der Waals surface area contributed by atoms with Crippen molar-refractivity contribution < 1.29 is 9.53 Å². The third kappa shape index (κ3) is 4.86. The molecule has 1 aliphatic rings. The maximum atomic E-state index is 11.9. The number of alkyl carbamates (subject to hydrolysis) is 1. The van der Waals surface area contributed by atoms with Crippen molar-refractivity contribution in [2.45, 2.75) is 71.1 Å². The van der Waals surface area contributed by atoms with Crippen LogP contribution in [0.5, 0.6) is 0 Å². The molecule has 4 nitrogen and oxygen atoms in total. The molecule has 1 aliphatic carbocycles. The Morgan fingerprint density at radius 3 is 2.26 bits per heavy atom. The molecule has 2 atom stereocenters. The van der Waals surface area contributed by atoms with Gasteiger partial charge in [0.25, 0.3) is 0 Å². The fourth-order valence-electron chi connectivity index (χ4n) is 2.28. The lowest BCUT2D eigenvalue weighted by Crippen LogP contribution is -2.58. The van der Waals surface area contributed by atoms with Crippen molar-refractivity contribution in [2.24, 2.45) is 11.7 Å². The van der Waals surface area contributed by atoms with Crippen molar-refractivity contribution in [3.8, 4) is 0 Å². The van der Waals surface area contributed by atoms with Gasteiger partial charge in [-0.1, -0.05) is 19.1 Å². The molecule has 0 heterocycles. The first-order chi connectivity index (χ1) is 8.65. The van der Waals surface area contributed by atoms with Crippen molar-refractivity contribution in [3.63, 3.8) is 0 Å². The van der Waals surface area contributed by atoms with Crippen LogP contribution in [0.2, 0.25) is 0 Å². The molecule has 110 valence electrons. The molecule has 4 heteroatoms. The lowest BCUT2D eigenvalue weighted by atomic mass is 9.68. The van der Waals surface area contributed by atoms with Crippen LogP contribution in [-0.4, -0.2) is 23.3 Å². The quantitative estimate of drug-likeness (QED) is 0.770. The smallest absolute Gasteiger partial charge is 0.408 e. The molecule has 1 amide bonds. The van der Waals surface area contributed by atoms with E-state index < -0.39 is 5.60 Å². The highest BCUT2D eigenvalue weighted by Crippen LogP contribution is 2.39. The Bertz CT molecular complexity index is 339. The van der Waals surface area contributed by atoms with Crippen LogP contribution in [0.4, 0.5) is 4.79 Å². The van der Waals surface area contributed by atoms with Crippen LogP contribution in [0.15, 0.2) is 12.2 Å². The number of rotatable bonds is 4. The topological polar surface area (TPSA) is 64.3 Å². The van der Waals surface area contributed by atoms with E-state index in [0.717, 1.165) is 19.3 Å². The van der Waals surface area contributed by atoms with Crippen molar-refractivity contribution in [3.05, 3.63) is 12.2 Å². The Morgan fingerprint density at radius 1 is 1.32 bits per heavy atom. The van der Waals surface area contributed by atoms with Gasteiger partial charge in [-0.25, -0.2) is 4.79 Å². The summed E-state index contributed by atoms with van der Waals surface area (Å²) in [4.78, 5) is 11.9. The van der Waals surface area contributed by atoms with E-state index >= 15 is 0 Å². The van der Waals surface area contributed by atoms with Crippen LogP contribution in [-0.2, 0) is 4.74 Å². The van der Waals surface area contributed by atoms with Gasteiger partial charge in [0.2, 0.25) is 0 Å². The van der Waals surface area contributed by atoms with Gasteiger partial charge in [-0.15, -0.1) is 0 Å². The van der Waals surface area contributed by atoms with Crippen LogP contribution in [0.1, 0.15) is 53.9 Å². The molecule has 0 bridgehead atoms. The summed E-state index contributed by atoms with van der Waals surface area (Å²) in [5.74, 6) is 0.264. The third-order valence-corrected chi connectivity index (χ3v) is 3.57. The van der Waals surface area contributed by atoms with E-state index in [1.54, 1.807) is 0 Å². The normalized spacial score (nSPS) is 21.6. The largest absolute Gasteiger partial charge is 0.444 e. The van der Waals surface area contributed by atoms with Crippen LogP contribution in [0, 0.1) is 5.92 Å². The lowest BCUT2D eigenvalue weighted by molar-refractivity contribution is 0.0327. The Hall–Kier alpha value is -1.03. The zero-order valence-corrected chi connectivity index (χ0v) is 12.8. The van der Waals surface area contributed by atoms with E-state index in [1.807, 2.05) is 33.8 Å². The summed E-state index contributed by atoms with van der Waals surface area (Å²) in [6, 6.07) is 0.0427. The maximum absolute atomic E-state index is 11.9. The third-order valence-electron chi connectivity index (χ3n) is 3.57. The Morgan fingerprint density at radius 2 is 1.89 bits per heavy atom. The first-order valence-corrected chi connectivity index (χ1v) is 7.10. The fourth-order valence-corrected chi connectivity index (χ4v) is 2.28. The van der Waals surface area contributed by atoms with Crippen LogP contribution in [0.25, 0.3) is 0 Å². The Balaban J connectivity index is 2.63. The summed E-state index contributed by atoms with van der Waals surface area (Å²) >= 11 is 0. The molecule has 1 rings (SSSR count). The molecule has 0 aromatic carbocycles. The van der Waals surface area contributed by atoms with Crippen molar-refractivity contribution in [1.82, 2.24) is 5.32 Å². The summed E-state index contributed by atoms with van der Waals surface area (Å²) in [5.41, 5.74) is 5.11.